The van der Waals surface area contributed by atoms with Gasteiger partial charge in [0, 0.05) is 11.4 Å². The van der Waals surface area contributed by atoms with E-state index in [4.69, 9.17) is 0 Å². The molecule has 3 rings (SSSR count). The molecule has 2 N–H and O–H groups in total. The molecule has 0 amide bonds. The summed E-state index contributed by atoms with van der Waals surface area (Å²) in [5.41, 5.74) is 5.49. The van der Waals surface area contributed by atoms with Crippen molar-refractivity contribution in [1.29, 1.82) is 0 Å². The van der Waals surface area contributed by atoms with Crippen molar-refractivity contribution in [2.75, 3.05) is 0 Å². The first-order valence-corrected chi connectivity index (χ1v) is 6.31. The van der Waals surface area contributed by atoms with Crippen molar-refractivity contribution in [2.45, 2.75) is 27.7 Å². The fraction of sp³-hybridized carbons (Fsp3) is 0.308. The van der Waals surface area contributed by atoms with Gasteiger partial charge in [0.05, 0.1) is 22.5 Å². The Labute approximate surface area is 115 Å². The Morgan fingerprint density at radius 2 is 1.20 bits per heavy atom. The van der Waals surface area contributed by atoms with Crippen molar-refractivity contribution in [3.05, 3.63) is 29.1 Å². The monoisotopic (exact) mass is 269 g/mol. The second kappa shape index (κ2) is 4.52. The van der Waals surface area contributed by atoms with Crippen LogP contribution in [0.2, 0.25) is 0 Å². The van der Waals surface area contributed by atoms with E-state index in [1.807, 2.05) is 27.7 Å². The minimum atomic E-state index is 0.624. The summed E-state index contributed by atoms with van der Waals surface area (Å²) < 4.78 is 0. The van der Waals surface area contributed by atoms with E-state index < -0.39 is 0 Å². The molecule has 0 aliphatic carbocycles. The van der Waals surface area contributed by atoms with Gasteiger partial charge in [0.15, 0.2) is 11.6 Å². The van der Waals surface area contributed by atoms with Crippen molar-refractivity contribution in [1.82, 2.24) is 35.3 Å². The van der Waals surface area contributed by atoms with Crippen LogP contribution in [0, 0.1) is 27.7 Å². The topological polar surface area (TPSA) is 96.0 Å². The highest BCUT2D eigenvalue weighted by molar-refractivity contribution is 5.66. The Morgan fingerprint density at radius 3 is 1.55 bits per heavy atom. The third-order valence-corrected chi connectivity index (χ3v) is 3.28. The SMILES string of the molecule is Cc1n[nH]c(C)c1-c1ncnc(-c2c(C)n[nH]c2C)n1. The van der Waals surface area contributed by atoms with Gasteiger partial charge < -0.3 is 0 Å². The molecule has 0 saturated carbocycles. The van der Waals surface area contributed by atoms with Gasteiger partial charge in [-0.15, -0.1) is 0 Å². The summed E-state index contributed by atoms with van der Waals surface area (Å²) in [4.78, 5) is 13.1. The lowest BCUT2D eigenvalue weighted by molar-refractivity contribution is 1.02. The highest BCUT2D eigenvalue weighted by Crippen LogP contribution is 2.25. The van der Waals surface area contributed by atoms with Crippen LogP contribution in [-0.4, -0.2) is 35.3 Å². The normalized spacial score (nSPS) is 11.0. The second-order valence-corrected chi connectivity index (χ2v) is 4.75. The van der Waals surface area contributed by atoms with E-state index in [1.165, 1.54) is 6.33 Å². The van der Waals surface area contributed by atoms with Crippen LogP contribution in [0.1, 0.15) is 22.8 Å². The van der Waals surface area contributed by atoms with E-state index in [2.05, 4.69) is 35.3 Å². The molecule has 0 aliphatic rings. The minimum absolute atomic E-state index is 0.624. The molecule has 0 bridgehead atoms. The van der Waals surface area contributed by atoms with Gasteiger partial charge >= 0.3 is 0 Å². The van der Waals surface area contributed by atoms with Crippen LogP contribution in [0.5, 0.6) is 0 Å². The van der Waals surface area contributed by atoms with Gasteiger partial charge in [-0.25, -0.2) is 15.0 Å². The maximum atomic E-state index is 4.56. The van der Waals surface area contributed by atoms with Crippen LogP contribution < -0.4 is 0 Å². The minimum Gasteiger partial charge on any atom is -0.282 e. The van der Waals surface area contributed by atoms with Crippen molar-refractivity contribution in [2.24, 2.45) is 0 Å². The van der Waals surface area contributed by atoms with Gasteiger partial charge in [0.25, 0.3) is 0 Å². The molecule has 0 unspecified atom stereocenters. The zero-order valence-electron chi connectivity index (χ0n) is 11.8. The van der Waals surface area contributed by atoms with Crippen molar-refractivity contribution in [3.63, 3.8) is 0 Å². The Kier molecular flexibility index (Phi) is 2.81. The van der Waals surface area contributed by atoms with Crippen LogP contribution in [0.15, 0.2) is 6.33 Å². The van der Waals surface area contributed by atoms with E-state index in [1.54, 1.807) is 0 Å². The van der Waals surface area contributed by atoms with Gasteiger partial charge in [-0.3, -0.25) is 10.2 Å². The number of aromatic amines is 2. The molecule has 0 saturated heterocycles. The number of nitrogens with one attached hydrogen (secondary N) is 2. The fourth-order valence-corrected chi connectivity index (χ4v) is 2.30. The van der Waals surface area contributed by atoms with Gasteiger partial charge in [-0.1, -0.05) is 0 Å². The summed E-state index contributed by atoms with van der Waals surface area (Å²) in [6, 6.07) is 0. The van der Waals surface area contributed by atoms with E-state index in [9.17, 15) is 0 Å². The summed E-state index contributed by atoms with van der Waals surface area (Å²) in [6.45, 7) is 7.76. The zero-order valence-corrected chi connectivity index (χ0v) is 11.8. The summed E-state index contributed by atoms with van der Waals surface area (Å²) in [5.74, 6) is 1.25. The van der Waals surface area contributed by atoms with Crippen molar-refractivity contribution < 1.29 is 0 Å². The number of aryl methyl sites for hydroxylation is 4. The molecule has 7 heteroatoms. The number of nitrogens with zero attached hydrogens (tertiary/aromatic N) is 5. The molecule has 0 aromatic carbocycles. The first-order chi connectivity index (χ1) is 9.58. The van der Waals surface area contributed by atoms with Crippen LogP contribution in [0.4, 0.5) is 0 Å². The largest absolute Gasteiger partial charge is 0.282 e. The summed E-state index contributed by atoms with van der Waals surface area (Å²) in [5, 5.41) is 14.2. The highest BCUT2D eigenvalue weighted by atomic mass is 15.1. The fourth-order valence-electron chi connectivity index (χ4n) is 2.30. The van der Waals surface area contributed by atoms with Crippen LogP contribution >= 0.6 is 0 Å². The maximum Gasteiger partial charge on any atom is 0.167 e. The molecule has 3 heterocycles. The summed E-state index contributed by atoms with van der Waals surface area (Å²) in [7, 11) is 0. The molecule has 0 radical (unpaired) electrons. The molecule has 0 atom stereocenters. The van der Waals surface area contributed by atoms with Gasteiger partial charge in [0.1, 0.15) is 6.33 Å². The van der Waals surface area contributed by atoms with Crippen LogP contribution in [0.3, 0.4) is 0 Å². The Balaban J connectivity index is 2.16. The molecule has 0 fully saturated rings. The average molecular weight is 269 g/mol. The molecule has 102 valence electrons. The molecule has 0 spiro atoms. The number of aromatic nitrogens is 7. The third kappa shape index (κ3) is 1.87. The van der Waals surface area contributed by atoms with Gasteiger partial charge in [-0.2, -0.15) is 10.2 Å². The van der Waals surface area contributed by atoms with E-state index >= 15 is 0 Å². The summed E-state index contributed by atoms with van der Waals surface area (Å²) in [6.07, 6.45) is 1.52. The first-order valence-electron chi connectivity index (χ1n) is 6.31. The predicted molar refractivity (Wildman–Crippen MR) is 73.9 cm³/mol. The number of H-pyrrole nitrogens is 2. The zero-order chi connectivity index (χ0) is 14.3. The van der Waals surface area contributed by atoms with E-state index in [0.29, 0.717) is 11.6 Å². The predicted octanol–water partition coefficient (Wildman–Crippen LogP) is 1.89. The number of hydrogen-bond donors (Lipinski definition) is 2. The molecule has 3 aromatic heterocycles. The van der Waals surface area contributed by atoms with Crippen molar-refractivity contribution in [3.8, 4) is 22.8 Å². The van der Waals surface area contributed by atoms with Crippen molar-refractivity contribution >= 4 is 0 Å². The molecular weight excluding hydrogens is 254 g/mol. The Hall–Kier alpha value is -2.57. The third-order valence-electron chi connectivity index (χ3n) is 3.28. The number of rotatable bonds is 2. The first kappa shape index (κ1) is 12.5. The highest BCUT2D eigenvalue weighted by Gasteiger charge is 2.16. The summed E-state index contributed by atoms with van der Waals surface area (Å²) >= 11 is 0. The molecule has 20 heavy (non-hydrogen) atoms. The Morgan fingerprint density at radius 1 is 0.750 bits per heavy atom. The molecule has 0 aliphatic heterocycles. The standard InChI is InChI=1S/C13H15N7/c1-6-10(7(2)18-17-6)12-14-5-15-13(16-12)11-8(3)19-20-9(11)4/h5H,1-4H3,(H,17,18)(H,19,20). The maximum absolute atomic E-state index is 4.56. The smallest absolute Gasteiger partial charge is 0.167 e. The lowest BCUT2D eigenvalue weighted by atomic mass is 10.1. The van der Waals surface area contributed by atoms with Gasteiger partial charge in [-0.05, 0) is 27.7 Å². The molecule has 3 aromatic rings. The quantitative estimate of drug-likeness (QED) is 0.740. The van der Waals surface area contributed by atoms with Gasteiger partial charge in [0.2, 0.25) is 0 Å². The van der Waals surface area contributed by atoms with Crippen LogP contribution in [0.25, 0.3) is 22.8 Å². The lowest BCUT2D eigenvalue weighted by Gasteiger charge is -2.03. The number of hydrogen-bond acceptors (Lipinski definition) is 5. The molecule has 7 nitrogen and oxygen atoms in total. The van der Waals surface area contributed by atoms with E-state index in [0.717, 1.165) is 33.9 Å². The second-order valence-electron chi connectivity index (χ2n) is 4.75. The molecular formula is C13H15N7. The lowest BCUT2D eigenvalue weighted by Crippen LogP contribution is -1.97. The Bertz CT molecular complexity index is 668. The van der Waals surface area contributed by atoms with Crippen LogP contribution in [-0.2, 0) is 0 Å². The van der Waals surface area contributed by atoms with E-state index in [-0.39, 0.29) is 0 Å². The average Bonchev–Trinajstić information content (AvgIpc) is 2.93.